The van der Waals surface area contributed by atoms with Crippen LogP contribution in [0.4, 0.5) is 13.2 Å². The van der Waals surface area contributed by atoms with Crippen molar-refractivity contribution in [2.24, 2.45) is 0 Å². The molecule has 2 aromatic rings. The second kappa shape index (κ2) is 5.48. The second-order valence-electron chi connectivity index (χ2n) is 4.45. The van der Waals surface area contributed by atoms with Crippen molar-refractivity contribution in [3.8, 4) is 0 Å². The lowest BCUT2D eigenvalue weighted by Crippen LogP contribution is -2.18. The molecule has 1 unspecified atom stereocenters. The summed E-state index contributed by atoms with van der Waals surface area (Å²) in [7, 11) is 0. The van der Waals surface area contributed by atoms with Crippen LogP contribution in [0, 0.1) is 0 Å². The molecule has 1 aromatic heterocycles. The van der Waals surface area contributed by atoms with Crippen LogP contribution in [0.25, 0.3) is 0 Å². The molecule has 0 fully saturated rings. The Morgan fingerprint density at radius 2 is 2.05 bits per heavy atom. The molecule has 0 radical (unpaired) electrons. The van der Waals surface area contributed by atoms with Gasteiger partial charge in [-0.15, -0.1) is 0 Å². The van der Waals surface area contributed by atoms with Crippen LogP contribution in [0.3, 0.4) is 0 Å². The first-order valence-corrected chi connectivity index (χ1v) is 5.99. The quantitative estimate of drug-likeness (QED) is 0.865. The highest BCUT2D eigenvalue weighted by Gasteiger charge is 2.30. The Morgan fingerprint density at radius 3 is 2.68 bits per heavy atom. The molecule has 0 bridgehead atoms. The lowest BCUT2D eigenvalue weighted by molar-refractivity contribution is -0.137. The van der Waals surface area contributed by atoms with Gasteiger partial charge in [0.15, 0.2) is 0 Å². The van der Waals surface area contributed by atoms with E-state index in [1.54, 1.807) is 6.07 Å². The zero-order valence-corrected chi connectivity index (χ0v) is 10.5. The van der Waals surface area contributed by atoms with E-state index in [1.165, 1.54) is 12.1 Å². The van der Waals surface area contributed by atoms with E-state index in [1.807, 2.05) is 25.4 Å². The highest BCUT2D eigenvalue weighted by Crippen LogP contribution is 2.30. The number of alkyl halides is 3. The number of nitrogens with one attached hydrogen (secondary N) is 2. The number of aromatic amines is 1. The molecule has 0 aliphatic heterocycles. The van der Waals surface area contributed by atoms with Crippen molar-refractivity contribution in [2.75, 3.05) is 0 Å². The molecule has 1 atom stereocenters. The monoisotopic (exact) mass is 268 g/mol. The van der Waals surface area contributed by atoms with Crippen LogP contribution in [0.2, 0.25) is 0 Å². The third-order valence-corrected chi connectivity index (χ3v) is 2.99. The van der Waals surface area contributed by atoms with E-state index in [0.29, 0.717) is 12.1 Å². The molecule has 0 amide bonds. The predicted octanol–water partition coefficient (Wildman–Crippen LogP) is 3.88. The molecular formula is C14H15F3N2. The van der Waals surface area contributed by atoms with Gasteiger partial charge < -0.3 is 10.3 Å². The molecule has 0 spiro atoms. The summed E-state index contributed by atoms with van der Waals surface area (Å²) < 4.78 is 37.8. The number of hydrogen-bond donors (Lipinski definition) is 2. The highest BCUT2D eigenvalue weighted by atomic mass is 19.4. The Bertz CT molecular complexity index is 518. The van der Waals surface area contributed by atoms with Gasteiger partial charge in [0.05, 0.1) is 5.56 Å². The molecule has 2 nitrogen and oxygen atoms in total. The lowest BCUT2D eigenvalue weighted by atomic mass is 10.0. The van der Waals surface area contributed by atoms with Crippen molar-refractivity contribution in [1.82, 2.24) is 10.3 Å². The van der Waals surface area contributed by atoms with E-state index < -0.39 is 11.7 Å². The van der Waals surface area contributed by atoms with Gasteiger partial charge in [0.25, 0.3) is 0 Å². The fourth-order valence-corrected chi connectivity index (χ4v) is 1.84. The predicted molar refractivity (Wildman–Crippen MR) is 67.5 cm³/mol. The minimum Gasteiger partial charge on any atom is -0.367 e. The average Bonchev–Trinajstić information content (AvgIpc) is 2.88. The minimum atomic E-state index is -4.30. The van der Waals surface area contributed by atoms with E-state index in [0.717, 1.165) is 11.6 Å². The molecule has 2 N–H and O–H groups in total. The van der Waals surface area contributed by atoms with Crippen LogP contribution < -0.4 is 5.32 Å². The molecule has 5 heteroatoms. The molecule has 102 valence electrons. The number of halogens is 3. The lowest BCUT2D eigenvalue weighted by Gasteiger charge is -2.15. The fraction of sp³-hybridized carbons (Fsp3) is 0.286. The smallest absolute Gasteiger partial charge is 0.367 e. The maximum atomic E-state index is 12.6. The molecule has 19 heavy (non-hydrogen) atoms. The van der Waals surface area contributed by atoms with Crippen LogP contribution in [-0.4, -0.2) is 4.98 Å². The molecule has 1 heterocycles. The molecular weight excluding hydrogens is 253 g/mol. The largest absolute Gasteiger partial charge is 0.416 e. The van der Waals surface area contributed by atoms with Crippen molar-refractivity contribution in [1.29, 1.82) is 0 Å². The van der Waals surface area contributed by atoms with Crippen LogP contribution in [0.5, 0.6) is 0 Å². The van der Waals surface area contributed by atoms with Gasteiger partial charge in [0.1, 0.15) is 0 Å². The maximum Gasteiger partial charge on any atom is 0.416 e. The van der Waals surface area contributed by atoms with Gasteiger partial charge in [-0.3, -0.25) is 0 Å². The summed E-state index contributed by atoms with van der Waals surface area (Å²) in [5.41, 5.74) is 1.09. The van der Waals surface area contributed by atoms with Gasteiger partial charge in [0, 0.05) is 25.0 Å². The average molecular weight is 268 g/mol. The zero-order chi connectivity index (χ0) is 13.9. The standard InChI is InChI=1S/C14H15F3N2/c1-10(19-9-11-5-6-18-8-11)12-3-2-4-13(7-12)14(15,16)17/h2-8,10,18-19H,9H2,1H3. The first-order chi connectivity index (χ1) is 8.97. The third kappa shape index (κ3) is 3.61. The maximum absolute atomic E-state index is 12.6. The van der Waals surface area contributed by atoms with E-state index in [-0.39, 0.29) is 6.04 Å². The summed E-state index contributed by atoms with van der Waals surface area (Å²) >= 11 is 0. The van der Waals surface area contributed by atoms with E-state index in [2.05, 4.69) is 10.3 Å². The Hall–Kier alpha value is -1.75. The van der Waals surface area contributed by atoms with Gasteiger partial charge in [-0.2, -0.15) is 13.2 Å². The number of aromatic nitrogens is 1. The number of hydrogen-bond acceptors (Lipinski definition) is 1. The van der Waals surface area contributed by atoms with Gasteiger partial charge >= 0.3 is 6.18 Å². The minimum absolute atomic E-state index is 0.141. The second-order valence-corrected chi connectivity index (χ2v) is 4.45. The van der Waals surface area contributed by atoms with E-state index in [9.17, 15) is 13.2 Å². The zero-order valence-electron chi connectivity index (χ0n) is 10.5. The van der Waals surface area contributed by atoms with Crippen LogP contribution in [0.1, 0.15) is 29.7 Å². The van der Waals surface area contributed by atoms with Crippen molar-refractivity contribution in [3.05, 3.63) is 59.4 Å². The summed E-state index contributed by atoms with van der Waals surface area (Å²) in [5.74, 6) is 0. The summed E-state index contributed by atoms with van der Waals surface area (Å²) in [4.78, 5) is 2.93. The summed E-state index contributed by atoms with van der Waals surface area (Å²) in [6, 6.07) is 7.19. The summed E-state index contributed by atoms with van der Waals surface area (Å²) in [6.45, 7) is 2.46. The Kier molecular flexibility index (Phi) is 3.95. The van der Waals surface area contributed by atoms with Crippen molar-refractivity contribution >= 4 is 0 Å². The first-order valence-electron chi connectivity index (χ1n) is 5.99. The molecule has 0 aliphatic carbocycles. The Morgan fingerprint density at radius 1 is 1.26 bits per heavy atom. The van der Waals surface area contributed by atoms with E-state index >= 15 is 0 Å². The molecule has 2 rings (SSSR count). The van der Waals surface area contributed by atoms with Crippen molar-refractivity contribution in [3.63, 3.8) is 0 Å². The highest BCUT2D eigenvalue weighted by molar-refractivity contribution is 5.27. The van der Waals surface area contributed by atoms with Gasteiger partial charge in [0.2, 0.25) is 0 Å². The number of benzene rings is 1. The third-order valence-electron chi connectivity index (χ3n) is 2.99. The van der Waals surface area contributed by atoms with Crippen LogP contribution in [-0.2, 0) is 12.7 Å². The SMILES string of the molecule is CC(NCc1cc[nH]c1)c1cccc(C(F)(F)F)c1. The summed E-state index contributed by atoms with van der Waals surface area (Å²) in [5, 5.41) is 3.19. The first kappa shape index (κ1) is 13.7. The van der Waals surface area contributed by atoms with Gasteiger partial charge in [-0.05, 0) is 36.2 Å². The topological polar surface area (TPSA) is 27.8 Å². The number of H-pyrrole nitrogens is 1. The van der Waals surface area contributed by atoms with Crippen LogP contribution >= 0.6 is 0 Å². The van der Waals surface area contributed by atoms with Gasteiger partial charge in [-0.25, -0.2) is 0 Å². The Labute approximate surface area is 109 Å². The molecule has 1 aromatic carbocycles. The van der Waals surface area contributed by atoms with Crippen molar-refractivity contribution in [2.45, 2.75) is 25.7 Å². The Balaban J connectivity index is 2.04. The normalized spacial score (nSPS) is 13.5. The molecule has 0 saturated heterocycles. The fourth-order valence-electron chi connectivity index (χ4n) is 1.84. The van der Waals surface area contributed by atoms with E-state index in [4.69, 9.17) is 0 Å². The molecule has 0 saturated carbocycles. The number of rotatable bonds is 4. The van der Waals surface area contributed by atoms with Gasteiger partial charge in [-0.1, -0.05) is 12.1 Å². The summed E-state index contributed by atoms with van der Waals surface area (Å²) in [6.07, 6.45) is -0.631. The van der Waals surface area contributed by atoms with Crippen molar-refractivity contribution < 1.29 is 13.2 Å². The molecule has 0 aliphatic rings. The van der Waals surface area contributed by atoms with Crippen LogP contribution in [0.15, 0.2) is 42.7 Å².